The summed E-state index contributed by atoms with van der Waals surface area (Å²) in [7, 11) is 0. The van der Waals surface area contributed by atoms with Crippen LogP contribution in [-0.2, 0) is 0 Å². The number of rotatable bonds is 3. The SMILES string of the molecule is c1ccc2c(-c3c4ccccc4c(-c4ccc(-c5cc6oc7c8ccccc8ccc7c6c6sc7ccccc7c56)cc4)c4ccccc34)cccc2c1. The lowest BCUT2D eigenvalue weighted by molar-refractivity contribution is 0.673. The Balaban J connectivity index is 1.10. The minimum absolute atomic E-state index is 0.931. The second-order valence-electron chi connectivity index (χ2n) is 14.3. The number of thiophene rings is 1. The van der Waals surface area contributed by atoms with Gasteiger partial charge in [-0.05, 0) is 89.3 Å². The molecule has 0 fully saturated rings. The lowest BCUT2D eigenvalue weighted by Crippen LogP contribution is -1.91. The van der Waals surface area contributed by atoms with Crippen molar-refractivity contribution in [3.8, 4) is 33.4 Å². The van der Waals surface area contributed by atoms with Crippen molar-refractivity contribution in [2.75, 3.05) is 0 Å². The van der Waals surface area contributed by atoms with Crippen molar-refractivity contribution in [1.29, 1.82) is 0 Å². The summed E-state index contributed by atoms with van der Waals surface area (Å²) in [5.41, 5.74) is 9.30. The molecule has 12 rings (SSSR count). The molecule has 0 N–H and O–H groups in total. The summed E-state index contributed by atoms with van der Waals surface area (Å²) < 4.78 is 9.37. The van der Waals surface area contributed by atoms with E-state index in [2.05, 4.69) is 182 Å². The largest absolute Gasteiger partial charge is 0.455 e. The normalized spacial score (nSPS) is 12.1. The summed E-state index contributed by atoms with van der Waals surface area (Å²) in [6.45, 7) is 0. The van der Waals surface area contributed by atoms with E-state index in [4.69, 9.17) is 4.42 Å². The van der Waals surface area contributed by atoms with E-state index in [0.717, 1.165) is 16.6 Å². The highest BCUT2D eigenvalue weighted by Crippen LogP contribution is 2.49. The summed E-state index contributed by atoms with van der Waals surface area (Å²) in [6.07, 6.45) is 0. The Labute approximate surface area is 314 Å². The van der Waals surface area contributed by atoms with E-state index in [1.165, 1.54) is 102 Å². The smallest absolute Gasteiger partial charge is 0.143 e. The first-order valence-corrected chi connectivity index (χ1v) is 19.3. The number of fused-ring (bicyclic) bond motifs is 12. The molecule has 2 aromatic heterocycles. The standard InChI is InChI=1S/C52H30OS/c1-3-15-35-31(12-1)14-11-22-37(35)48-40-19-7-5-17-38(40)47(39-18-6-8-20-41(39)48)34-26-24-33(25-27-34)44-30-45-50(52-49(44)42-21-9-10-23-46(42)54-52)43-29-28-32-13-2-4-16-36(32)51(43)53-45/h1-30H. The van der Waals surface area contributed by atoms with Gasteiger partial charge in [-0.15, -0.1) is 11.3 Å². The Morgan fingerprint density at radius 3 is 1.63 bits per heavy atom. The Morgan fingerprint density at radius 2 is 0.907 bits per heavy atom. The molecule has 0 bridgehead atoms. The zero-order valence-corrected chi connectivity index (χ0v) is 30.0. The summed E-state index contributed by atoms with van der Waals surface area (Å²) in [4.78, 5) is 0. The van der Waals surface area contributed by atoms with Crippen LogP contribution in [0.2, 0.25) is 0 Å². The molecule has 0 aliphatic rings. The number of benzene rings is 10. The third kappa shape index (κ3) is 4.20. The molecule has 12 aromatic rings. The lowest BCUT2D eigenvalue weighted by atomic mass is 9.84. The average molecular weight is 703 g/mol. The summed E-state index contributed by atoms with van der Waals surface area (Å²) >= 11 is 1.87. The Bertz CT molecular complexity index is 3430. The van der Waals surface area contributed by atoms with Gasteiger partial charge in [-0.3, -0.25) is 0 Å². The van der Waals surface area contributed by atoms with Gasteiger partial charge in [0, 0.05) is 36.3 Å². The van der Waals surface area contributed by atoms with E-state index in [0.29, 0.717) is 0 Å². The second kappa shape index (κ2) is 11.4. The van der Waals surface area contributed by atoms with Crippen LogP contribution in [0.1, 0.15) is 0 Å². The Hall–Kier alpha value is -6.74. The maximum atomic E-state index is 6.80. The van der Waals surface area contributed by atoms with E-state index in [-0.39, 0.29) is 0 Å². The fraction of sp³-hybridized carbons (Fsp3) is 0. The molecule has 0 saturated carbocycles. The highest BCUT2D eigenvalue weighted by molar-refractivity contribution is 7.27. The van der Waals surface area contributed by atoms with Crippen molar-refractivity contribution in [2.24, 2.45) is 0 Å². The molecule has 0 saturated heterocycles. The highest BCUT2D eigenvalue weighted by Gasteiger charge is 2.21. The minimum atomic E-state index is 0.931. The molecule has 0 atom stereocenters. The van der Waals surface area contributed by atoms with E-state index >= 15 is 0 Å². The van der Waals surface area contributed by atoms with Gasteiger partial charge in [0.25, 0.3) is 0 Å². The van der Waals surface area contributed by atoms with Crippen LogP contribution in [0.25, 0.3) is 119 Å². The van der Waals surface area contributed by atoms with Gasteiger partial charge in [0.1, 0.15) is 11.2 Å². The number of furan rings is 1. The van der Waals surface area contributed by atoms with Crippen molar-refractivity contribution in [3.63, 3.8) is 0 Å². The fourth-order valence-corrected chi connectivity index (χ4v) is 10.4. The van der Waals surface area contributed by atoms with Gasteiger partial charge in [-0.1, -0.05) is 164 Å². The molecule has 250 valence electrons. The van der Waals surface area contributed by atoms with Gasteiger partial charge < -0.3 is 4.42 Å². The average Bonchev–Trinajstić information content (AvgIpc) is 3.81. The first kappa shape index (κ1) is 29.8. The van der Waals surface area contributed by atoms with E-state index in [1.54, 1.807) is 0 Å². The first-order valence-electron chi connectivity index (χ1n) is 18.5. The van der Waals surface area contributed by atoms with Crippen LogP contribution in [-0.4, -0.2) is 0 Å². The zero-order chi connectivity index (χ0) is 35.3. The van der Waals surface area contributed by atoms with Gasteiger partial charge in [-0.2, -0.15) is 0 Å². The molecule has 2 heteroatoms. The Kier molecular flexibility index (Phi) is 6.28. The quantitative estimate of drug-likeness (QED) is 0.167. The molecule has 0 spiro atoms. The molecule has 1 nitrogen and oxygen atoms in total. The van der Waals surface area contributed by atoms with Crippen LogP contribution in [0.5, 0.6) is 0 Å². The van der Waals surface area contributed by atoms with Crippen LogP contribution in [0.4, 0.5) is 0 Å². The van der Waals surface area contributed by atoms with Crippen LogP contribution in [0.15, 0.2) is 186 Å². The van der Waals surface area contributed by atoms with Crippen LogP contribution >= 0.6 is 11.3 Å². The fourth-order valence-electron chi connectivity index (χ4n) is 9.09. The molecular formula is C52H30OS. The van der Waals surface area contributed by atoms with Crippen molar-refractivity contribution in [3.05, 3.63) is 182 Å². The van der Waals surface area contributed by atoms with Crippen LogP contribution in [0.3, 0.4) is 0 Å². The topological polar surface area (TPSA) is 13.1 Å². The molecule has 2 heterocycles. The van der Waals surface area contributed by atoms with Gasteiger partial charge in [-0.25, -0.2) is 0 Å². The van der Waals surface area contributed by atoms with Crippen molar-refractivity contribution in [2.45, 2.75) is 0 Å². The predicted molar refractivity (Wildman–Crippen MR) is 233 cm³/mol. The van der Waals surface area contributed by atoms with Gasteiger partial charge in [0.15, 0.2) is 0 Å². The van der Waals surface area contributed by atoms with Gasteiger partial charge >= 0.3 is 0 Å². The second-order valence-corrected chi connectivity index (χ2v) is 15.4. The van der Waals surface area contributed by atoms with Crippen molar-refractivity contribution in [1.82, 2.24) is 0 Å². The molecule has 0 radical (unpaired) electrons. The van der Waals surface area contributed by atoms with Crippen molar-refractivity contribution < 1.29 is 4.42 Å². The van der Waals surface area contributed by atoms with E-state index < -0.39 is 0 Å². The molecular weight excluding hydrogens is 673 g/mol. The number of hydrogen-bond donors (Lipinski definition) is 0. The maximum Gasteiger partial charge on any atom is 0.143 e. The summed E-state index contributed by atoms with van der Waals surface area (Å²) in [5.74, 6) is 0. The molecule has 0 amide bonds. The predicted octanol–water partition coefficient (Wildman–Crippen LogP) is 15.6. The molecule has 0 aliphatic heterocycles. The van der Waals surface area contributed by atoms with Crippen LogP contribution in [0, 0.1) is 0 Å². The lowest BCUT2D eigenvalue weighted by Gasteiger charge is -2.19. The third-order valence-corrected chi connectivity index (χ3v) is 12.6. The zero-order valence-electron chi connectivity index (χ0n) is 29.1. The third-order valence-electron chi connectivity index (χ3n) is 11.4. The van der Waals surface area contributed by atoms with E-state index in [1.807, 2.05) is 11.3 Å². The first-order chi connectivity index (χ1) is 26.8. The van der Waals surface area contributed by atoms with Gasteiger partial charge in [0.05, 0.1) is 0 Å². The summed E-state index contributed by atoms with van der Waals surface area (Å²) in [5, 5.41) is 14.9. The van der Waals surface area contributed by atoms with Gasteiger partial charge in [0.2, 0.25) is 0 Å². The van der Waals surface area contributed by atoms with E-state index in [9.17, 15) is 0 Å². The molecule has 0 aliphatic carbocycles. The number of hydrogen-bond acceptors (Lipinski definition) is 2. The maximum absolute atomic E-state index is 6.80. The van der Waals surface area contributed by atoms with Crippen molar-refractivity contribution >= 4 is 96.5 Å². The molecule has 0 unspecified atom stereocenters. The summed E-state index contributed by atoms with van der Waals surface area (Å²) in [6, 6.07) is 66.6. The molecule has 54 heavy (non-hydrogen) atoms. The van der Waals surface area contributed by atoms with Crippen LogP contribution < -0.4 is 0 Å². The highest BCUT2D eigenvalue weighted by atomic mass is 32.1. The minimum Gasteiger partial charge on any atom is -0.455 e. The molecule has 10 aromatic carbocycles. The monoisotopic (exact) mass is 702 g/mol. The Morgan fingerprint density at radius 1 is 0.352 bits per heavy atom.